The van der Waals surface area contributed by atoms with E-state index in [-0.39, 0.29) is 11.6 Å². The third kappa shape index (κ3) is 9.20. The lowest BCUT2D eigenvalue weighted by Crippen LogP contribution is -2.30. The number of thioether (sulfide) groups is 1. The minimum Gasteiger partial charge on any atom is -0.495 e. The third-order valence-electron chi connectivity index (χ3n) is 6.56. The number of carbonyl (C=O) groups excluding carboxylic acids is 3. The van der Waals surface area contributed by atoms with Crippen molar-refractivity contribution < 1.29 is 23.9 Å². The smallest absolute Gasteiger partial charge is 0.272 e. The summed E-state index contributed by atoms with van der Waals surface area (Å²) in [5.41, 5.74) is 1.70. The topological polar surface area (TPSA) is 106 Å². The quantitative estimate of drug-likeness (QED) is 0.101. The maximum absolute atomic E-state index is 13.5. The molecular weight excluding hydrogens is 669 g/mol. The summed E-state index contributed by atoms with van der Waals surface area (Å²) in [6.45, 7) is 1.90. The van der Waals surface area contributed by atoms with Crippen LogP contribution < -0.4 is 25.4 Å². The van der Waals surface area contributed by atoms with Crippen LogP contribution in [0.25, 0.3) is 6.08 Å². The van der Waals surface area contributed by atoms with Crippen molar-refractivity contribution in [1.82, 2.24) is 5.32 Å². The zero-order chi connectivity index (χ0) is 33.2. The van der Waals surface area contributed by atoms with E-state index in [2.05, 4.69) is 16.0 Å². The molecule has 0 saturated heterocycles. The van der Waals surface area contributed by atoms with E-state index in [9.17, 15) is 14.4 Å². The van der Waals surface area contributed by atoms with Crippen LogP contribution in [0.4, 0.5) is 11.4 Å². The predicted octanol–water partition coefficient (Wildman–Crippen LogP) is 8.58. The van der Waals surface area contributed by atoms with Crippen LogP contribution in [-0.4, -0.2) is 37.2 Å². The lowest BCUT2D eigenvalue weighted by atomic mass is 10.1. The third-order valence-corrected chi connectivity index (χ3v) is 8.77. The Morgan fingerprint density at radius 1 is 0.826 bits per heavy atom. The predicted molar refractivity (Wildman–Crippen MR) is 187 cm³/mol. The van der Waals surface area contributed by atoms with Crippen LogP contribution in [-0.2, 0) is 9.59 Å². The van der Waals surface area contributed by atoms with Crippen LogP contribution in [0.3, 0.4) is 0 Å². The average Bonchev–Trinajstić information content (AvgIpc) is 3.05. The minimum atomic E-state index is -0.578. The lowest BCUT2D eigenvalue weighted by molar-refractivity contribution is -0.116. The van der Waals surface area contributed by atoms with E-state index in [0.717, 1.165) is 4.90 Å². The molecule has 238 valence electrons. The highest BCUT2D eigenvalue weighted by Gasteiger charge is 2.22. The number of benzene rings is 4. The zero-order valence-corrected chi connectivity index (χ0v) is 28.1. The van der Waals surface area contributed by atoms with Crippen molar-refractivity contribution in [3.8, 4) is 11.5 Å². The maximum atomic E-state index is 13.5. The molecule has 4 rings (SSSR count). The largest absolute Gasteiger partial charge is 0.495 e. The summed E-state index contributed by atoms with van der Waals surface area (Å²) in [6.07, 6.45) is 1.99. The van der Waals surface area contributed by atoms with Gasteiger partial charge in [-0.15, -0.1) is 11.8 Å². The molecule has 0 aliphatic carbocycles. The lowest BCUT2D eigenvalue weighted by Gasteiger charge is -2.18. The maximum Gasteiger partial charge on any atom is 0.272 e. The molecule has 4 aromatic carbocycles. The fraction of sp³-hybridized carbons (Fsp3) is 0.147. The number of methoxy groups -OCH3 is 2. The monoisotopic (exact) mass is 697 g/mol. The Kier molecular flexibility index (Phi) is 12.4. The minimum absolute atomic E-state index is 0.0333. The molecule has 0 spiro atoms. The molecule has 0 radical (unpaired) electrons. The van der Waals surface area contributed by atoms with Crippen molar-refractivity contribution in [2.75, 3.05) is 24.9 Å². The molecular formula is C34H30Cl3N3O5S. The highest BCUT2D eigenvalue weighted by molar-refractivity contribution is 8.00. The first-order valence-electron chi connectivity index (χ1n) is 14.0. The number of amides is 3. The highest BCUT2D eigenvalue weighted by Crippen LogP contribution is 2.37. The number of rotatable bonds is 12. The number of hydrogen-bond donors (Lipinski definition) is 3. The Bertz CT molecular complexity index is 1770. The molecule has 8 nitrogen and oxygen atoms in total. The summed E-state index contributed by atoms with van der Waals surface area (Å²) >= 11 is 20.0. The van der Waals surface area contributed by atoms with Gasteiger partial charge in [0, 0.05) is 32.3 Å². The first-order chi connectivity index (χ1) is 22.1. The van der Waals surface area contributed by atoms with Crippen LogP contribution in [0.2, 0.25) is 15.1 Å². The molecule has 4 aromatic rings. The van der Waals surface area contributed by atoms with E-state index in [4.69, 9.17) is 44.3 Å². The highest BCUT2D eigenvalue weighted by atomic mass is 35.5. The van der Waals surface area contributed by atoms with Crippen molar-refractivity contribution in [2.45, 2.75) is 23.5 Å². The van der Waals surface area contributed by atoms with Crippen molar-refractivity contribution in [1.29, 1.82) is 0 Å². The van der Waals surface area contributed by atoms with Gasteiger partial charge in [-0.1, -0.05) is 72.1 Å². The van der Waals surface area contributed by atoms with Gasteiger partial charge in [-0.05, 0) is 66.6 Å². The molecule has 0 fully saturated rings. The number of hydrogen-bond acceptors (Lipinski definition) is 6. The molecule has 0 heterocycles. The van der Waals surface area contributed by atoms with Crippen LogP contribution in [0.15, 0.2) is 95.5 Å². The van der Waals surface area contributed by atoms with E-state index in [1.807, 2.05) is 13.0 Å². The van der Waals surface area contributed by atoms with E-state index < -0.39 is 17.1 Å². The van der Waals surface area contributed by atoms with Crippen LogP contribution >= 0.6 is 46.6 Å². The van der Waals surface area contributed by atoms with Crippen LogP contribution in [0.1, 0.15) is 29.3 Å². The summed E-state index contributed by atoms with van der Waals surface area (Å²) in [4.78, 5) is 40.5. The summed E-state index contributed by atoms with van der Waals surface area (Å²) in [7, 11) is 2.98. The molecule has 1 atom stereocenters. The normalized spacial score (nSPS) is 11.7. The number of carbonyl (C=O) groups is 3. The van der Waals surface area contributed by atoms with Crippen LogP contribution in [0.5, 0.6) is 11.5 Å². The fourth-order valence-corrected chi connectivity index (χ4v) is 5.94. The molecule has 46 heavy (non-hydrogen) atoms. The average molecular weight is 699 g/mol. The second-order valence-corrected chi connectivity index (χ2v) is 12.2. The molecule has 1 unspecified atom stereocenters. The first-order valence-corrected chi connectivity index (χ1v) is 16.0. The number of anilines is 2. The van der Waals surface area contributed by atoms with E-state index in [0.29, 0.717) is 55.5 Å². The summed E-state index contributed by atoms with van der Waals surface area (Å²) < 4.78 is 10.6. The van der Waals surface area contributed by atoms with Gasteiger partial charge in [0.2, 0.25) is 5.91 Å². The van der Waals surface area contributed by atoms with Gasteiger partial charge in [0.05, 0.1) is 30.2 Å². The van der Waals surface area contributed by atoms with Crippen molar-refractivity contribution in [3.63, 3.8) is 0 Å². The molecule has 0 aliphatic rings. The van der Waals surface area contributed by atoms with Gasteiger partial charge in [0.25, 0.3) is 11.8 Å². The van der Waals surface area contributed by atoms with E-state index >= 15 is 0 Å². The number of nitrogens with one attached hydrogen (secondary N) is 3. The zero-order valence-electron chi connectivity index (χ0n) is 25.0. The Hall–Kier alpha value is -4.15. The summed E-state index contributed by atoms with van der Waals surface area (Å²) in [5.74, 6) is -0.475. The van der Waals surface area contributed by atoms with Gasteiger partial charge < -0.3 is 25.4 Å². The summed E-state index contributed by atoms with van der Waals surface area (Å²) in [5, 5.41) is 9.00. The standard InChI is InChI=1S/C34H30Cl3N3O5S/c1-4-31(34(43)39-27-18-26(37)29(44-2)19-30(27)45-3)46-24-12-8-11-23(17-24)38-33(42)28(15-21-13-14-22(35)16-25(21)36)40-32(41)20-9-6-5-7-10-20/h5-19,31H,4H2,1-3H3,(H,38,42)(H,39,43)(H,40,41)/b28-15+. The van der Waals surface area contributed by atoms with Crippen LogP contribution in [0, 0.1) is 0 Å². The SMILES string of the molecule is CCC(Sc1cccc(NC(=O)/C(=C\c2ccc(Cl)cc2Cl)NC(=O)c2ccccc2)c1)C(=O)Nc1cc(Cl)c(OC)cc1OC. The van der Waals surface area contributed by atoms with Crippen molar-refractivity contribution >= 4 is 81.7 Å². The molecule has 0 aliphatic heterocycles. The van der Waals surface area contributed by atoms with Crippen molar-refractivity contribution in [3.05, 3.63) is 117 Å². The van der Waals surface area contributed by atoms with Gasteiger partial charge in [0.1, 0.15) is 17.2 Å². The molecule has 0 saturated carbocycles. The van der Waals surface area contributed by atoms with Gasteiger partial charge in [0.15, 0.2) is 0 Å². The Morgan fingerprint density at radius 2 is 1.57 bits per heavy atom. The van der Waals surface area contributed by atoms with Crippen molar-refractivity contribution in [2.24, 2.45) is 0 Å². The van der Waals surface area contributed by atoms with Gasteiger partial charge in [-0.25, -0.2) is 0 Å². The molecule has 12 heteroatoms. The molecule has 0 aromatic heterocycles. The number of ether oxygens (including phenoxy) is 2. The fourth-order valence-electron chi connectivity index (χ4n) is 4.22. The Labute approximate surface area is 286 Å². The summed E-state index contributed by atoms with van der Waals surface area (Å²) in [6, 6.07) is 23.6. The second-order valence-electron chi connectivity index (χ2n) is 9.72. The molecule has 3 amide bonds. The Morgan fingerprint density at radius 3 is 2.24 bits per heavy atom. The Balaban J connectivity index is 1.52. The first kappa shape index (κ1) is 34.7. The van der Waals surface area contributed by atoms with E-state index in [1.165, 1.54) is 32.1 Å². The van der Waals surface area contributed by atoms with Gasteiger partial charge >= 0.3 is 0 Å². The van der Waals surface area contributed by atoms with E-state index in [1.54, 1.807) is 78.9 Å². The number of halogens is 3. The second kappa shape index (κ2) is 16.4. The molecule has 0 bridgehead atoms. The van der Waals surface area contributed by atoms with Gasteiger partial charge in [-0.3, -0.25) is 14.4 Å². The molecule has 3 N–H and O–H groups in total. The van der Waals surface area contributed by atoms with Gasteiger partial charge in [-0.2, -0.15) is 0 Å².